The van der Waals surface area contributed by atoms with Gasteiger partial charge in [0.15, 0.2) is 6.73 Å². The molecule has 0 saturated heterocycles. The fourth-order valence-corrected chi connectivity index (χ4v) is 3.20. The lowest BCUT2D eigenvalue weighted by Gasteiger charge is -2.32. The van der Waals surface area contributed by atoms with Gasteiger partial charge in [-0.3, -0.25) is 4.48 Å². The predicted octanol–water partition coefficient (Wildman–Crippen LogP) is 5.93. The Morgan fingerprint density at radius 3 is 1.79 bits per heavy atom. The molecule has 1 aromatic carbocycles. The van der Waals surface area contributed by atoms with Crippen LogP contribution in [-0.2, 0) is 6.54 Å². The van der Waals surface area contributed by atoms with Crippen LogP contribution in [0.2, 0.25) is 0 Å². The normalized spacial score (nSPS) is 13.3. The second-order valence-corrected chi connectivity index (χ2v) is 7.31. The number of aliphatic hydroxyl groups excluding tert-OH is 1. The van der Waals surface area contributed by atoms with Gasteiger partial charge in [0.05, 0.1) is 13.6 Å². The molecule has 0 aliphatic heterocycles. The molecule has 0 aliphatic rings. The van der Waals surface area contributed by atoms with E-state index in [-0.39, 0.29) is 19.1 Å². The molecular formula is C21H39ClNO+. The molecule has 3 heteroatoms. The summed E-state index contributed by atoms with van der Waals surface area (Å²) in [7, 11) is 2.17. The van der Waals surface area contributed by atoms with Crippen LogP contribution in [-0.4, -0.2) is 29.9 Å². The summed E-state index contributed by atoms with van der Waals surface area (Å²) in [4.78, 5) is 0. The van der Waals surface area contributed by atoms with Crippen LogP contribution in [0.25, 0.3) is 0 Å². The Balaban J connectivity index is 0.00000529. The average molecular weight is 357 g/mol. The first-order valence-corrected chi connectivity index (χ1v) is 9.68. The standard InChI is InChI=1S/C21H38NO.ClH/c1-3-4-5-6-7-8-9-10-11-15-18-22(2,20-23)19-21-16-13-12-14-17-21;/h12-14,16-17,23H,3-11,15,18-20H2,1-2H3;1H/q+1;. The minimum Gasteiger partial charge on any atom is -0.347 e. The molecule has 0 heterocycles. The molecular weight excluding hydrogens is 318 g/mol. The highest BCUT2D eigenvalue weighted by Gasteiger charge is 2.20. The molecule has 1 atom stereocenters. The van der Waals surface area contributed by atoms with Crippen LogP contribution in [0.15, 0.2) is 30.3 Å². The van der Waals surface area contributed by atoms with Gasteiger partial charge in [0, 0.05) is 5.56 Å². The summed E-state index contributed by atoms with van der Waals surface area (Å²) >= 11 is 0. The first-order valence-electron chi connectivity index (χ1n) is 9.68. The lowest BCUT2D eigenvalue weighted by atomic mass is 10.1. The quantitative estimate of drug-likeness (QED) is 0.249. The van der Waals surface area contributed by atoms with Crippen LogP contribution in [0, 0.1) is 0 Å². The molecule has 1 unspecified atom stereocenters. The Bertz CT molecular complexity index is 385. The van der Waals surface area contributed by atoms with Crippen molar-refractivity contribution >= 4 is 12.4 Å². The molecule has 0 saturated carbocycles. The van der Waals surface area contributed by atoms with Gasteiger partial charge >= 0.3 is 0 Å². The zero-order valence-corrected chi connectivity index (χ0v) is 16.7. The van der Waals surface area contributed by atoms with Crippen LogP contribution in [0.4, 0.5) is 0 Å². The van der Waals surface area contributed by atoms with Crippen LogP contribution in [0.1, 0.15) is 76.7 Å². The number of unbranched alkanes of at least 4 members (excludes halogenated alkanes) is 9. The van der Waals surface area contributed by atoms with E-state index in [0.29, 0.717) is 0 Å². The molecule has 0 aromatic heterocycles. The molecule has 1 rings (SSSR count). The predicted molar refractivity (Wildman–Crippen MR) is 107 cm³/mol. The highest BCUT2D eigenvalue weighted by atomic mass is 35.5. The van der Waals surface area contributed by atoms with Crippen molar-refractivity contribution in [3.8, 4) is 0 Å². The van der Waals surface area contributed by atoms with E-state index in [4.69, 9.17) is 0 Å². The Hall–Kier alpha value is -0.570. The third-order valence-corrected chi connectivity index (χ3v) is 4.80. The first kappa shape index (κ1) is 23.4. The van der Waals surface area contributed by atoms with Crippen molar-refractivity contribution in [2.75, 3.05) is 20.3 Å². The number of quaternary nitrogens is 1. The van der Waals surface area contributed by atoms with Gasteiger partial charge in [-0.05, 0) is 12.8 Å². The van der Waals surface area contributed by atoms with Crippen molar-refractivity contribution in [1.29, 1.82) is 0 Å². The summed E-state index contributed by atoms with van der Waals surface area (Å²) in [5.74, 6) is 0. The van der Waals surface area contributed by atoms with Gasteiger partial charge in [-0.1, -0.05) is 88.6 Å². The molecule has 0 fully saturated rings. The molecule has 1 N–H and O–H groups in total. The molecule has 140 valence electrons. The monoisotopic (exact) mass is 356 g/mol. The Labute approximate surface area is 156 Å². The molecule has 1 aromatic rings. The van der Waals surface area contributed by atoms with Crippen molar-refractivity contribution < 1.29 is 9.59 Å². The van der Waals surface area contributed by atoms with Crippen molar-refractivity contribution in [1.82, 2.24) is 0 Å². The van der Waals surface area contributed by atoms with E-state index >= 15 is 0 Å². The lowest BCUT2D eigenvalue weighted by Crippen LogP contribution is -2.44. The SMILES string of the molecule is CCCCCCCCCCCC[N+](C)(CO)Cc1ccccc1.Cl. The van der Waals surface area contributed by atoms with Gasteiger partial charge in [0.2, 0.25) is 0 Å². The van der Waals surface area contributed by atoms with Gasteiger partial charge < -0.3 is 5.11 Å². The molecule has 24 heavy (non-hydrogen) atoms. The number of nitrogens with zero attached hydrogens (tertiary/aromatic N) is 1. The largest absolute Gasteiger partial charge is 0.347 e. The third kappa shape index (κ3) is 11.1. The van der Waals surface area contributed by atoms with Crippen LogP contribution in [0.5, 0.6) is 0 Å². The highest BCUT2D eigenvalue weighted by Crippen LogP contribution is 2.15. The van der Waals surface area contributed by atoms with E-state index in [2.05, 4.69) is 44.3 Å². The van der Waals surface area contributed by atoms with Crippen molar-refractivity contribution in [3.05, 3.63) is 35.9 Å². The maximum Gasteiger partial charge on any atom is 0.180 e. The summed E-state index contributed by atoms with van der Waals surface area (Å²) < 4.78 is 0.737. The molecule has 0 radical (unpaired) electrons. The second kappa shape index (κ2) is 14.7. The summed E-state index contributed by atoms with van der Waals surface area (Å²) in [6.07, 6.45) is 13.7. The van der Waals surface area contributed by atoms with Crippen LogP contribution < -0.4 is 0 Å². The maximum atomic E-state index is 9.76. The summed E-state index contributed by atoms with van der Waals surface area (Å²) in [6, 6.07) is 10.5. The van der Waals surface area contributed by atoms with E-state index in [1.807, 2.05) is 0 Å². The van der Waals surface area contributed by atoms with Gasteiger partial charge in [-0.15, -0.1) is 12.4 Å². The zero-order chi connectivity index (χ0) is 16.8. The van der Waals surface area contributed by atoms with E-state index < -0.39 is 0 Å². The first-order chi connectivity index (χ1) is 11.2. The number of rotatable bonds is 14. The molecule has 0 bridgehead atoms. The van der Waals surface area contributed by atoms with Crippen molar-refractivity contribution in [3.63, 3.8) is 0 Å². The van der Waals surface area contributed by atoms with E-state index in [1.165, 1.54) is 69.8 Å². The zero-order valence-electron chi connectivity index (χ0n) is 15.9. The topological polar surface area (TPSA) is 20.2 Å². The Morgan fingerprint density at radius 1 is 0.792 bits per heavy atom. The number of benzene rings is 1. The van der Waals surface area contributed by atoms with Gasteiger partial charge in [-0.25, -0.2) is 0 Å². The summed E-state index contributed by atoms with van der Waals surface area (Å²) in [5, 5.41) is 9.76. The maximum absolute atomic E-state index is 9.76. The minimum atomic E-state index is 0. The van der Waals surface area contributed by atoms with E-state index in [1.54, 1.807) is 0 Å². The number of hydrogen-bond acceptors (Lipinski definition) is 1. The van der Waals surface area contributed by atoms with Gasteiger partial charge in [0.1, 0.15) is 6.54 Å². The molecule has 0 spiro atoms. The number of hydrogen-bond donors (Lipinski definition) is 1. The Morgan fingerprint density at radius 2 is 1.29 bits per heavy atom. The fourth-order valence-electron chi connectivity index (χ4n) is 3.20. The smallest absolute Gasteiger partial charge is 0.180 e. The fraction of sp³-hybridized carbons (Fsp3) is 0.714. The van der Waals surface area contributed by atoms with E-state index in [9.17, 15) is 5.11 Å². The van der Waals surface area contributed by atoms with Crippen LogP contribution in [0.3, 0.4) is 0 Å². The third-order valence-electron chi connectivity index (χ3n) is 4.80. The van der Waals surface area contributed by atoms with Crippen LogP contribution >= 0.6 is 12.4 Å². The van der Waals surface area contributed by atoms with E-state index in [0.717, 1.165) is 17.6 Å². The Kier molecular flexibility index (Phi) is 14.4. The molecule has 0 amide bonds. The van der Waals surface area contributed by atoms with Gasteiger partial charge in [0.25, 0.3) is 0 Å². The van der Waals surface area contributed by atoms with Gasteiger partial charge in [-0.2, -0.15) is 0 Å². The molecule has 0 aliphatic carbocycles. The van der Waals surface area contributed by atoms with Crippen molar-refractivity contribution in [2.24, 2.45) is 0 Å². The summed E-state index contributed by atoms with van der Waals surface area (Å²) in [6.45, 7) is 4.50. The van der Waals surface area contributed by atoms with Crippen molar-refractivity contribution in [2.45, 2.75) is 77.7 Å². The highest BCUT2D eigenvalue weighted by molar-refractivity contribution is 5.85. The second-order valence-electron chi connectivity index (χ2n) is 7.31. The number of halogens is 1. The minimum absolute atomic E-state index is 0. The summed E-state index contributed by atoms with van der Waals surface area (Å²) in [5.41, 5.74) is 1.32. The lowest BCUT2D eigenvalue weighted by molar-refractivity contribution is -0.940. The molecule has 2 nitrogen and oxygen atoms in total. The average Bonchev–Trinajstić information content (AvgIpc) is 2.57. The number of aliphatic hydroxyl groups is 1.